The van der Waals surface area contributed by atoms with Crippen LogP contribution in [0.25, 0.3) is 0 Å². The highest BCUT2D eigenvalue weighted by atomic mass is 32.2. The summed E-state index contributed by atoms with van der Waals surface area (Å²) in [6.07, 6.45) is 16.6. The monoisotopic (exact) mass is 494 g/mol. The van der Waals surface area contributed by atoms with E-state index in [1.165, 1.54) is 77.0 Å². The van der Waals surface area contributed by atoms with Crippen LogP contribution in [0.2, 0.25) is 0 Å². The minimum absolute atomic E-state index is 0.147. The molecule has 0 atom stereocenters. The third kappa shape index (κ3) is 22.0. The van der Waals surface area contributed by atoms with Crippen LogP contribution in [0, 0.1) is 0 Å². The van der Waals surface area contributed by atoms with Gasteiger partial charge < -0.3 is 14.0 Å². The van der Waals surface area contributed by atoms with Gasteiger partial charge in [-0.1, -0.05) is 72.1 Å². The van der Waals surface area contributed by atoms with Crippen molar-refractivity contribution in [1.29, 1.82) is 0 Å². The van der Waals surface area contributed by atoms with Gasteiger partial charge >= 0.3 is 0 Å². The van der Waals surface area contributed by atoms with E-state index in [2.05, 4.69) is 20.8 Å². The van der Waals surface area contributed by atoms with Gasteiger partial charge in [-0.2, -0.15) is 8.42 Å². The number of rotatable bonds is 26. The highest BCUT2D eigenvalue weighted by molar-refractivity contribution is 7.85. The maximum atomic E-state index is 11.3. The molecule has 0 unspecified atom stereocenters. The van der Waals surface area contributed by atoms with E-state index >= 15 is 0 Å². The fourth-order valence-corrected chi connectivity index (χ4v) is 4.93. The van der Waals surface area contributed by atoms with Gasteiger partial charge in [-0.15, -0.1) is 0 Å². The first-order valence-corrected chi connectivity index (χ1v) is 15.5. The minimum Gasteiger partial charge on any atom is -0.379 e. The zero-order chi connectivity index (χ0) is 24.7. The number of hydrogen-bond donors (Lipinski definition) is 1. The summed E-state index contributed by atoms with van der Waals surface area (Å²) in [5.74, 6) is -0.147. The Morgan fingerprint density at radius 1 is 0.545 bits per heavy atom. The molecule has 0 saturated heterocycles. The highest BCUT2D eigenvalue weighted by Gasteiger charge is 2.27. The Kier molecular flexibility index (Phi) is 22.1. The van der Waals surface area contributed by atoms with Crippen LogP contribution < -0.4 is 0 Å². The lowest BCUT2D eigenvalue weighted by Gasteiger charge is -2.39. The van der Waals surface area contributed by atoms with Gasteiger partial charge in [0.1, 0.15) is 6.54 Å². The van der Waals surface area contributed by atoms with Gasteiger partial charge in [-0.3, -0.25) is 4.55 Å². The van der Waals surface area contributed by atoms with Crippen LogP contribution in [0.3, 0.4) is 0 Å². The largest absolute Gasteiger partial charge is 0.379 e. The van der Waals surface area contributed by atoms with E-state index in [0.717, 1.165) is 43.7 Å². The third-order valence-corrected chi connectivity index (χ3v) is 7.24. The van der Waals surface area contributed by atoms with Gasteiger partial charge in [-0.05, 0) is 32.1 Å². The molecule has 200 valence electrons. The van der Waals surface area contributed by atoms with E-state index in [1.54, 1.807) is 0 Å². The molecule has 6 nitrogen and oxygen atoms in total. The number of ether oxygens (including phenoxy) is 2. The summed E-state index contributed by atoms with van der Waals surface area (Å²) in [6.45, 7) is 13.1. The van der Waals surface area contributed by atoms with Gasteiger partial charge in [-0.25, -0.2) is 0 Å². The molecule has 0 rings (SSSR count). The fourth-order valence-electron chi connectivity index (χ4n) is 4.43. The Hall–Kier alpha value is -0.210. The average molecular weight is 495 g/mol. The molecule has 0 amide bonds. The molecule has 1 N–H and O–H groups in total. The van der Waals surface area contributed by atoms with E-state index < -0.39 is 10.1 Å². The molecule has 0 spiro atoms. The maximum absolute atomic E-state index is 11.3. The average Bonchev–Trinajstić information content (AvgIpc) is 2.77. The summed E-state index contributed by atoms with van der Waals surface area (Å²) in [5.41, 5.74) is 0. The third-order valence-electron chi connectivity index (χ3n) is 6.44. The molecule has 0 aromatic heterocycles. The van der Waals surface area contributed by atoms with Gasteiger partial charge in [0.2, 0.25) is 0 Å². The summed E-state index contributed by atoms with van der Waals surface area (Å²) in [6, 6.07) is 0. The second kappa shape index (κ2) is 22.3. The fraction of sp³-hybridized carbons (Fsp3) is 1.00. The summed E-state index contributed by atoms with van der Waals surface area (Å²) >= 11 is 0. The molecule has 0 saturated carbocycles. The highest BCUT2D eigenvalue weighted by Crippen LogP contribution is 2.17. The van der Waals surface area contributed by atoms with Crippen LogP contribution in [0.1, 0.15) is 111 Å². The lowest BCUT2D eigenvalue weighted by Crippen LogP contribution is -2.52. The quantitative estimate of drug-likeness (QED) is 0.0874. The lowest BCUT2D eigenvalue weighted by atomic mass is 10.1. The molecule has 0 aliphatic heterocycles. The van der Waals surface area contributed by atoms with Gasteiger partial charge in [0.05, 0.1) is 45.2 Å². The van der Waals surface area contributed by atoms with Crippen LogP contribution in [0.15, 0.2) is 0 Å². The van der Waals surface area contributed by atoms with Crippen LogP contribution in [0.5, 0.6) is 0 Å². The van der Waals surface area contributed by atoms with Crippen molar-refractivity contribution >= 4 is 10.1 Å². The molecule has 7 heteroatoms. The molecule has 0 aromatic carbocycles. The molecule has 0 bridgehead atoms. The molecular formula is C26H56NO5S+. The van der Waals surface area contributed by atoms with Crippen LogP contribution >= 0.6 is 0 Å². The van der Waals surface area contributed by atoms with Crippen molar-refractivity contribution in [3.05, 3.63) is 0 Å². The Morgan fingerprint density at radius 3 is 1.48 bits per heavy atom. The van der Waals surface area contributed by atoms with E-state index in [9.17, 15) is 13.0 Å². The second-order valence-electron chi connectivity index (χ2n) is 9.64. The first kappa shape index (κ1) is 32.8. The van der Waals surface area contributed by atoms with Gasteiger partial charge in [0.15, 0.2) is 0 Å². The summed E-state index contributed by atoms with van der Waals surface area (Å²) in [4.78, 5) is 0. The first-order chi connectivity index (χ1) is 15.9. The molecule has 0 heterocycles. The Bertz CT molecular complexity index is 497. The number of quaternary nitrogens is 1. The molecule has 0 aliphatic rings. The predicted octanol–water partition coefficient (Wildman–Crippen LogP) is 6.25. The van der Waals surface area contributed by atoms with E-state index in [-0.39, 0.29) is 5.75 Å². The van der Waals surface area contributed by atoms with Crippen molar-refractivity contribution in [3.63, 3.8) is 0 Å². The predicted molar refractivity (Wildman–Crippen MR) is 139 cm³/mol. The molecule has 0 aromatic rings. The first-order valence-electron chi connectivity index (χ1n) is 13.8. The van der Waals surface area contributed by atoms with Crippen LogP contribution in [-0.2, 0) is 19.6 Å². The smallest absolute Gasteiger partial charge is 0.265 e. The summed E-state index contributed by atoms with van der Waals surface area (Å²) in [5, 5.41) is 0. The van der Waals surface area contributed by atoms with Crippen molar-refractivity contribution in [3.8, 4) is 0 Å². The zero-order valence-electron chi connectivity index (χ0n) is 22.2. The lowest BCUT2D eigenvalue weighted by molar-refractivity contribution is -0.929. The van der Waals surface area contributed by atoms with E-state index in [1.807, 2.05) is 0 Å². The Balaban J connectivity index is 4.86. The van der Waals surface area contributed by atoms with Crippen molar-refractivity contribution in [2.24, 2.45) is 0 Å². The molecule has 0 fully saturated rings. The minimum atomic E-state index is -3.91. The normalized spacial score (nSPS) is 12.5. The Morgan fingerprint density at radius 2 is 1.00 bits per heavy atom. The standard InChI is InChI=1S/C26H55NO5S/c1-4-7-9-11-13-15-18-27(20-17-26-33(28,29)30,19-16-14-12-10-8-5-2)21-23-32-25-24-31-22-6-3/h4-26H2,1-3H3/p+1. The van der Waals surface area contributed by atoms with Crippen LogP contribution in [0.4, 0.5) is 0 Å². The maximum Gasteiger partial charge on any atom is 0.265 e. The molecule has 33 heavy (non-hydrogen) atoms. The van der Waals surface area contributed by atoms with Gasteiger partial charge in [0.25, 0.3) is 10.1 Å². The van der Waals surface area contributed by atoms with E-state index in [0.29, 0.717) is 26.2 Å². The van der Waals surface area contributed by atoms with Crippen molar-refractivity contribution < 1.29 is 26.9 Å². The summed E-state index contributed by atoms with van der Waals surface area (Å²) < 4.78 is 44.2. The molecule has 0 aliphatic carbocycles. The van der Waals surface area contributed by atoms with Gasteiger partial charge in [0, 0.05) is 13.0 Å². The topological polar surface area (TPSA) is 72.8 Å². The van der Waals surface area contributed by atoms with E-state index in [4.69, 9.17) is 9.47 Å². The van der Waals surface area contributed by atoms with Crippen molar-refractivity contribution in [2.45, 2.75) is 111 Å². The molecular weight excluding hydrogens is 438 g/mol. The van der Waals surface area contributed by atoms with Crippen molar-refractivity contribution in [2.75, 3.05) is 58.4 Å². The second-order valence-corrected chi connectivity index (χ2v) is 11.2. The number of nitrogens with zero attached hydrogens (tertiary/aromatic N) is 1. The van der Waals surface area contributed by atoms with Crippen molar-refractivity contribution in [1.82, 2.24) is 0 Å². The molecule has 0 radical (unpaired) electrons. The SMILES string of the molecule is CCCCCCCC[N+](CCCCCCCC)(CCCS(=O)(=O)O)CCOCCOCCC. The summed E-state index contributed by atoms with van der Waals surface area (Å²) in [7, 11) is -3.91. The number of hydrogen-bond acceptors (Lipinski definition) is 4. The van der Waals surface area contributed by atoms with Crippen LogP contribution in [-0.4, -0.2) is 75.8 Å². The zero-order valence-corrected chi connectivity index (χ0v) is 23.0. The Labute approximate surface area is 206 Å². The number of unbranched alkanes of at least 4 members (excludes halogenated alkanes) is 10.